The zero-order valence-electron chi connectivity index (χ0n) is 8.68. The van der Waals surface area contributed by atoms with Crippen LogP contribution in [0.1, 0.15) is 24.6 Å². The number of aromatic nitrogens is 1. The fraction of sp³-hybridized carbons (Fsp3) is 0.455. The molecular weight excluding hydrogens is 194 g/mol. The lowest BCUT2D eigenvalue weighted by atomic mass is 10.0. The second kappa shape index (κ2) is 5.46. The van der Waals surface area contributed by atoms with Gasteiger partial charge in [-0.15, -0.1) is 0 Å². The third-order valence-corrected chi connectivity index (χ3v) is 2.37. The van der Waals surface area contributed by atoms with Crippen molar-refractivity contribution in [3.05, 3.63) is 29.6 Å². The SMILES string of the molecule is CCC(Cc1ccc(CO)cn1)C(=O)O. The number of aliphatic carboxylic acids is 1. The Balaban J connectivity index is 2.67. The Hall–Kier alpha value is -1.42. The molecular formula is C11H15NO3. The van der Waals surface area contributed by atoms with Crippen LogP contribution in [0.5, 0.6) is 0 Å². The van der Waals surface area contributed by atoms with Gasteiger partial charge >= 0.3 is 5.97 Å². The van der Waals surface area contributed by atoms with Gasteiger partial charge in [0.15, 0.2) is 0 Å². The molecule has 1 rings (SSSR count). The monoisotopic (exact) mass is 209 g/mol. The van der Waals surface area contributed by atoms with Crippen molar-refractivity contribution in [2.45, 2.75) is 26.4 Å². The largest absolute Gasteiger partial charge is 0.481 e. The molecule has 2 N–H and O–H groups in total. The molecule has 1 aromatic heterocycles. The first-order valence-electron chi connectivity index (χ1n) is 4.94. The maximum Gasteiger partial charge on any atom is 0.306 e. The maximum atomic E-state index is 10.8. The van der Waals surface area contributed by atoms with E-state index in [0.717, 1.165) is 11.3 Å². The van der Waals surface area contributed by atoms with Crippen LogP contribution in [-0.2, 0) is 17.8 Å². The Morgan fingerprint density at radius 1 is 1.53 bits per heavy atom. The molecule has 82 valence electrons. The van der Waals surface area contributed by atoms with Crippen molar-refractivity contribution in [2.75, 3.05) is 0 Å². The maximum absolute atomic E-state index is 10.8. The lowest BCUT2D eigenvalue weighted by Crippen LogP contribution is -2.15. The van der Waals surface area contributed by atoms with Crippen molar-refractivity contribution in [2.24, 2.45) is 5.92 Å². The number of aliphatic hydroxyl groups excluding tert-OH is 1. The van der Waals surface area contributed by atoms with E-state index >= 15 is 0 Å². The topological polar surface area (TPSA) is 70.4 Å². The van der Waals surface area contributed by atoms with Crippen LogP contribution in [0, 0.1) is 5.92 Å². The van der Waals surface area contributed by atoms with Crippen molar-refractivity contribution in [3.8, 4) is 0 Å². The molecule has 0 amide bonds. The zero-order chi connectivity index (χ0) is 11.3. The summed E-state index contributed by atoms with van der Waals surface area (Å²) in [5.74, 6) is -1.16. The predicted octanol–water partition coefficient (Wildman–Crippen LogP) is 1.23. The van der Waals surface area contributed by atoms with Crippen LogP contribution in [0.2, 0.25) is 0 Å². The average molecular weight is 209 g/mol. The van der Waals surface area contributed by atoms with E-state index in [2.05, 4.69) is 4.98 Å². The summed E-state index contributed by atoms with van der Waals surface area (Å²) in [6.45, 7) is 1.81. The third-order valence-electron chi connectivity index (χ3n) is 2.37. The molecule has 1 aromatic rings. The van der Waals surface area contributed by atoms with E-state index < -0.39 is 5.97 Å². The summed E-state index contributed by atoms with van der Waals surface area (Å²) in [6.07, 6.45) is 2.61. The van der Waals surface area contributed by atoms with Crippen LogP contribution in [0.25, 0.3) is 0 Å². The van der Waals surface area contributed by atoms with E-state index in [9.17, 15) is 4.79 Å². The molecule has 4 heteroatoms. The first kappa shape index (κ1) is 11.7. The molecule has 0 aromatic carbocycles. The van der Waals surface area contributed by atoms with Crippen LogP contribution in [0.15, 0.2) is 18.3 Å². The molecule has 0 fully saturated rings. The number of carbonyl (C=O) groups is 1. The average Bonchev–Trinajstić information content (AvgIpc) is 2.26. The molecule has 0 radical (unpaired) electrons. The van der Waals surface area contributed by atoms with Gasteiger partial charge in [-0.3, -0.25) is 9.78 Å². The Labute approximate surface area is 88.6 Å². The van der Waals surface area contributed by atoms with Crippen molar-refractivity contribution in [1.82, 2.24) is 4.98 Å². The van der Waals surface area contributed by atoms with Gasteiger partial charge in [-0.2, -0.15) is 0 Å². The number of hydrogen-bond donors (Lipinski definition) is 2. The summed E-state index contributed by atoms with van der Waals surface area (Å²) < 4.78 is 0. The smallest absolute Gasteiger partial charge is 0.306 e. The normalized spacial score (nSPS) is 12.4. The van der Waals surface area contributed by atoms with Gasteiger partial charge in [0.2, 0.25) is 0 Å². The second-order valence-electron chi connectivity index (χ2n) is 3.46. The highest BCUT2D eigenvalue weighted by Crippen LogP contribution is 2.11. The third kappa shape index (κ3) is 3.32. The Bertz CT molecular complexity index is 321. The number of rotatable bonds is 5. The fourth-order valence-corrected chi connectivity index (χ4v) is 1.33. The molecule has 15 heavy (non-hydrogen) atoms. The van der Waals surface area contributed by atoms with E-state index in [1.54, 1.807) is 18.3 Å². The van der Waals surface area contributed by atoms with Gasteiger partial charge in [-0.1, -0.05) is 13.0 Å². The highest BCUT2D eigenvalue weighted by Gasteiger charge is 2.15. The molecule has 0 spiro atoms. The summed E-state index contributed by atoms with van der Waals surface area (Å²) in [7, 11) is 0. The van der Waals surface area contributed by atoms with E-state index in [0.29, 0.717) is 12.8 Å². The van der Waals surface area contributed by atoms with E-state index in [4.69, 9.17) is 10.2 Å². The standard InChI is InChI=1S/C11H15NO3/c1-2-9(11(14)15)5-10-4-3-8(7-13)6-12-10/h3-4,6,9,13H,2,5,7H2,1H3,(H,14,15). The van der Waals surface area contributed by atoms with Crippen molar-refractivity contribution in [1.29, 1.82) is 0 Å². The minimum atomic E-state index is -0.787. The second-order valence-corrected chi connectivity index (χ2v) is 3.46. The summed E-state index contributed by atoms with van der Waals surface area (Å²) in [4.78, 5) is 14.9. The predicted molar refractivity (Wildman–Crippen MR) is 55.3 cm³/mol. The Morgan fingerprint density at radius 2 is 2.27 bits per heavy atom. The number of pyridine rings is 1. The number of carboxylic acid groups (broad SMARTS) is 1. The Morgan fingerprint density at radius 3 is 2.67 bits per heavy atom. The zero-order valence-corrected chi connectivity index (χ0v) is 8.68. The quantitative estimate of drug-likeness (QED) is 0.765. The summed E-state index contributed by atoms with van der Waals surface area (Å²) in [5, 5.41) is 17.7. The van der Waals surface area contributed by atoms with Gasteiger partial charge in [-0.05, 0) is 18.1 Å². The molecule has 0 aliphatic heterocycles. The van der Waals surface area contributed by atoms with Crippen molar-refractivity contribution >= 4 is 5.97 Å². The van der Waals surface area contributed by atoms with Crippen LogP contribution >= 0.6 is 0 Å². The molecule has 1 heterocycles. The van der Waals surface area contributed by atoms with Crippen LogP contribution in [0.4, 0.5) is 0 Å². The number of aliphatic hydroxyl groups is 1. The van der Waals surface area contributed by atoms with E-state index in [1.165, 1.54) is 0 Å². The summed E-state index contributed by atoms with van der Waals surface area (Å²) in [5.41, 5.74) is 1.49. The summed E-state index contributed by atoms with van der Waals surface area (Å²) >= 11 is 0. The molecule has 4 nitrogen and oxygen atoms in total. The van der Waals surface area contributed by atoms with Crippen molar-refractivity contribution in [3.63, 3.8) is 0 Å². The molecule has 1 unspecified atom stereocenters. The van der Waals surface area contributed by atoms with Crippen LogP contribution in [0.3, 0.4) is 0 Å². The number of nitrogens with zero attached hydrogens (tertiary/aromatic N) is 1. The van der Waals surface area contributed by atoms with E-state index in [1.807, 2.05) is 6.92 Å². The molecule has 0 saturated heterocycles. The number of carboxylic acids is 1. The summed E-state index contributed by atoms with van der Waals surface area (Å²) in [6, 6.07) is 3.52. The molecule has 1 atom stereocenters. The van der Waals surface area contributed by atoms with Crippen LogP contribution in [-0.4, -0.2) is 21.2 Å². The molecule has 0 saturated carbocycles. The van der Waals surface area contributed by atoms with Crippen molar-refractivity contribution < 1.29 is 15.0 Å². The Kier molecular flexibility index (Phi) is 4.24. The minimum absolute atomic E-state index is 0.0383. The molecule has 0 bridgehead atoms. The van der Waals surface area contributed by atoms with Gasteiger partial charge in [0.25, 0.3) is 0 Å². The van der Waals surface area contributed by atoms with Gasteiger partial charge in [0.05, 0.1) is 12.5 Å². The highest BCUT2D eigenvalue weighted by molar-refractivity contribution is 5.70. The van der Waals surface area contributed by atoms with Gasteiger partial charge < -0.3 is 10.2 Å². The molecule has 0 aliphatic rings. The molecule has 0 aliphatic carbocycles. The van der Waals surface area contributed by atoms with Gasteiger partial charge in [0.1, 0.15) is 0 Å². The lowest BCUT2D eigenvalue weighted by Gasteiger charge is -2.08. The van der Waals surface area contributed by atoms with E-state index in [-0.39, 0.29) is 12.5 Å². The first-order chi connectivity index (χ1) is 7.17. The fourth-order valence-electron chi connectivity index (χ4n) is 1.33. The lowest BCUT2D eigenvalue weighted by molar-refractivity contribution is -0.141. The first-order valence-corrected chi connectivity index (χ1v) is 4.94. The number of hydrogen-bond acceptors (Lipinski definition) is 3. The highest BCUT2D eigenvalue weighted by atomic mass is 16.4. The van der Waals surface area contributed by atoms with Gasteiger partial charge in [-0.25, -0.2) is 0 Å². The minimum Gasteiger partial charge on any atom is -0.481 e. The van der Waals surface area contributed by atoms with Crippen LogP contribution < -0.4 is 0 Å². The van der Waals surface area contributed by atoms with Gasteiger partial charge in [0, 0.05) is 18.3 Å².